The molecule has 0 saturated carbocycles. The van der Waals surface area contributed by atoms with Crippen LogP contribution in [0.5, 0.6) is 0 Å². The van der Waals surface area contributed by atoms with Crippen LogP contribution in [0.25, 0.3) is 16.9 Å². The number of rotatable bonds is 5. The van der Waals surface area contributed by atoms with E-state index < -0.39 is 0 Å². The number of hydrogen-bond donors (Lipinski definition) is 1. The Morgan fingerprint density at radius 3 is 2.31 bits per heavy atom. The van der Waals surface area contributed by atoms with Crippen molar-refractivity contribution in [1.82, 2.24) is 20.1 Å². The second-order valence-electron chi connectivity index (χ2n) is 6.35. The molecule has 7 heteroatoms. The van der Waals surface area contributed by atoms with Crippen molar-refractivity contribution in [1.29, 1.82) is 0 Å². The Bertz CT molecular complexity index is 1120. The van der Waals surface area contributed by atoms with Gasteiger partial charge < -0.3 is 5.32 Å². The lowest BCUT2D eigenvalue weighted by Gasteiger charge is -2.08. The first-order valence-corrected chi connectivity index (χ1v) is 8.89. The van der Waals surface area contributed by atoms with E-state index in [1.54, 1.807) is 36.7 Å². The molecule has 4 rings (SSSR count). The molecule has 2 heterocycles. The molecule has 0 aliphatic heterocycles. The third-order valence-electron chi connectivity index (χ3n) is 4.33. The zero-order chi connectivity index (χ0) is 20.2. The largest absolute Gasteiger partial charge is 0.347 e. The monoisotopic (exact) mass is 390 g/mol. The summed E-state index contributed by atoms with van der Waals surface area (Å²) in [6.07, 6.45) is 3.32. The number of pyridine rings is 1. The average molecular weight is 390 g/mol. The molecule has 0 atom stereocenters. The fraction of sp³-hybridized carbons (Fsp3) is 0.0455. The second kappa shape index (κ2) is 8.02. The maximum Gasteiger partial charge on any atom is 0.270 e. The first kappa shape index (κ1) is 18.5. The molecule has 1 N–H and O–H groups in total. The van der Waals surface area contributed by atoms with E-state index in [4.69, 9.17) is 0 Å². The Morgan fingerprint density at radius 2 is 1.66 bits per heavy atom. The van der Waals surface area contributed by atoms with Gasteiger partial charge in [-0.15, -0.1) is 0 Å². The number of nitrogens with one attached hydrogen (secondary N) is 1. The van der Waals surface area contributed by atoms with E-state index >= 15 is 0 Å². The molecule has 29 heavy (non-hydrogen) atoms. The first-order chi connectivity index (χ1) is 14.1. The second-order valence-corrected chi connectivity index (χ2v) is 6.35. The summed E-state index contributed by atoms with van der Waals surface area (Å²) < 4.78 is 28.0. The molecule has 1 amide bonds. The van der Waals surface area contributed by atoms with Crippen molar-refractivity contribution in [2.75, 3.05) is 0 Å². The van der Waals surface area contributed by atoms with Crippen molar-refractivity contribution in [2.45, 2.75) is 6.54 Å². The maximum atomic E-state index is 13.3. The van der Waals surface area contributed by atoms with Gasteiger partial charge in [0.25, 0.3) is 5.91 Å². The third-order valence-corrected chi connectivity index (χ3v) is 4.33. The summed E-state index contributed by atoms with van der Waals surface area (Å²) in [5.74, 6) is -1.09. The highest BCUT2D eigenvalue weighted by Gasteiger charge is 2.18. The molecule has 0 saturated heterocycles. The van der Waals surface area contributed by atoms with E-state index in [0.29, 0.717) is 23.5 Å². The highest BCUT2D eigenvalue weighted by Crippen LogP contribution is 2.22. The number of aromatic nitrogens is 3. The number of carbonyl (C=O) groups excluding carboxylic acids is 1. The molecular weight excluding hydrogens is 374 g/mol. The molecule has 0 bridgehead atoms. The molecule has 0 radical (unpaired) electrons. The maximum absolute atomic E-state index is 13.3. The lowest BCUT2D eigenvalue weighted by molar-refractivity contribution is 0.0943. The lowest BCUT2D eigenvalue weighted by atomic mass is 10.1. The fourth-order valence-corrected chi connectivity index (χ4v) is 2.86. The van der Waals surface area contributed by atoms with Crippen LogP contribution in [0.3, 0.4) is 0 Å². The van der Waals surface area contributed by atoms with Crippen molar-refractivity contribution in [3.8, 4) is 16.9 Å². The zero-order valence-electron chi connectivity index (χ0n) is 15.2. The van der Waals surface area contributed by atoms with Crippen LogP contribution in [0, 0.1) is 11.6 Å². The molecule has 4 aromatic rings. The van der Waals surface area contributed by atoms with Crippen molar-refractivity contribution in [3.05, 3.63) is 102 Å². The standard InChI is InChI=1S/C22H16F2N4O/c23-17-5-3-16(4-6-17)20-12-21(22(29)26-14-15-2-1-11-25-13-15)28(27-20)19-9-7-18(24)8-10-19/h1-13H,14H2,(H,26,29). The molecule has 0 spiro atoms. The number of carbonyl (C=O) groups is 1. The Balaban J connectivity index is 1.69. The summed E-state index contributed by atoms with van der Waals surface area (Å²) in [5, 5.41) is 7.32. The zero-order valence-corrected chi connectivity index (χ0v) is 15.2. The molecule has 2 aromatic carbocycles. The summed E-state index contributed by atoms with van der Waals surface area (Å²) in [6.45, 7) is 0.299. The number of benzene rings is 2. The van der Waals surface area contributed by atoms with E-state index in [9.17, 15) is 13.6 Å². The van der Waals surface area contributed by atoms with Crippen LogP contribution in [0.4, 0.5) is 8.78 Å². The summed E-state index contributed by atoms with van der Waals surface area (Å²) in [4.78, 5) is 16.9. The van der Waals surface area contributed by atoms with E-state index in [0.717, 1.165) is 5.56 Å². The number of halogens is 2. The van der Waals surface area contributed by atoms with Gasteiger partial charge in [0.1, 0.15) is 17.3 Å². The Morgan fingerprint density at radius 1 is 0.966 bits per heavy atom. The highest BCUT2D eigenvalue weighted by molar-refractivity contribution is 5.94. The van der Waals surface area contributed by atoms with Gasteiger partial charge in [0.2, 0.25) is 0 Å². The number of hydrogen-bond acceptors (Lipinski definition) is 3. The number of amides is 1. The molecular formula is C22H16F2N4O. The van der Waals surface area contributed by atoms with Crippen LogP contribution in [0.15, 0.2) is 79.1 Å². The Kier molecular flexibility index (Phi) is 5.11. The molecule has 144 valence electrons. The van der Waals surface area contributed by atoms with Crippen molar-refractivity contribution >= 4 is 5.91 Å². The van der Waals surface area contributed by atoms with Gasteiger partial charge >= 0.3 is 0 Å². The molecule has 0 fully saturated rings. The van der Waals surface area contributed by atoms with Crippen LogP contribution >= 0.6 is 0 Å². The topological polar surface area (TPSA) is 59.8 Å². The quantitative estimate of drug-likeness (QED) is 0.557. The van der Waals surface area contributed by atoms with E-state index in [-0.39, 0.29) is 23.2 Å². The summed E-state index contributed by atoms with van der Waals surface area (Å²) in [5.41, 5.74) is 2.83. The molecule has 0 aliphatic carbocycles. The van der Waals surface area contributed by atoms with Crippen LogP contribution in [0.2, 0.25) is 0 Å². The van der Waals surface area contributed by atoms with Gasteiger partial charge in [-0.3, -0.25) is 9.78 Å². The van der Waals surface area contributed by atoms with Crippen LogP contribution in [-0.2, 0) is 6.54 Å². The minimum Gasteiger partial charge on any atom is -0.347 e. The summed E-state index contributed by atoms with van der Waals surface area (Å²) in [7, 11) is 0. The van der Waals surface area contributed by atoms with Crippen LogP contribution in [-0.4, -0.2) is 20.7 Å². The molecule has 0 aliphatic rings. The predicted octanol–water partition coefficient (Wildman–Crippen LogP) is 4.14. The molecule has 0 unspecified atom stereocenters. The van der Waals surface area contributed by atoms with Crippen molar-refractivity contribution in [3.63, 3.8) is 0 Å². The Labute approximate surface area is 165 Å². The molecule has 5 nitrogen and oxygen atoms in total. The van der Waals surface area contributed by atoms with Gasteiger partial charge in [0.05, 0.1) is 11.4 Å². The van der Waals surface area contributed by atoms with Gasteiger partial charge in [0.15, 0.2) is 0 Å². The molecule has 2 aromatic heterocycles. The smallest absolute Gasteiger partial charge is 0.270 e. The van der Waals surface area contributed by atoms with Gasteiger partial charge in [-0.25, -0.2) is 13.5 Å². The van der Waals surface area contributed by atoms with Gasteiger partial charge in [0, 0.05) is 24.5 Å². The highest BCUT2D eigenvalue weighted by atomic mass is 19.1. The van der Waals surface area contributed by atoms with E-state index in [1.165, 1.54) is 41.1 Å². The van der Waals surface area contributed by atoms with Crippen LogP contribution in [0.1, 0.15) is 16.1 Å². The SMILES string of the molecule is O=C(NCc1cccnc1)c1cc(-c2ccc(F)cc2)nn1-c1ccc(F)cc1. The minimum absolute atomic E-state index is 0.278. The summed E-state index contributed by atoms with van der Waals surface area (Å²) in [6, 6.07) is 16.8. The first-order valence-electron chi connectivity index (χ1n) is 8.89. The number of nitrogens with zero attached hydrogens (tertiary/aromatic N) is 3. The fourth-order valence-electron chi connectivity index (χ4n) is 2.86. The third kappa shape index (κ3) is 4.19. The van der Waals surface area contributed by atoms with E-state index in [2.05, 4.69) is 15.4 Å². The normalized spacial score (nSPS) is 10.7. The van der Waals surface area contributed by atoms with Gasteiger partial charge in [-0.2, -0.15) is 5.10 Å². The predicted molar refractivity (Wildman–Crippen MR) is 104 cm³/mol. The average Bonchev–Trinajstić information content (AvgIpc) is 3.19. The van der Waals surface area contributed by atoms with Gasteiger partial charge in [-0.05, 0) is 66.2 Å². The summed E-state index contributed by atoms with van der Waals surface area (Å²) >= 11 is 0. The van der Waals surface area contributed by atoms with Crippen LogP contribution < -0.4 is 5.32 Å². The van der Waals surface area contributed by atoms with Crippen molar-refractivity contribution in [2.24, 2.45) is 0 Å². The van der Waals surface area contributed by atoms with Crippen molar-refractivity contribution < 1.29 is 13.6 Å². The Hall–Kier alpha value is -3.87. The minimum atomic E-state index is -0.387. The van der Waals surface area contributed by atoms with E-state index in [1.807, 2.05) is 6.07 Å². The lowest BCUT2D eigenvalue weighted by Crippen LogP contribution is -2.25. The van der Waals surface area contributed by atoms with Gasteiger partial charge in [-0.1, -0.05) is 6.07 Å².